The van der Waals surface area contributed by atoms with E-state index < -0.39 is 0 Å². The summed E-state index contributed by atoms with van der Waals surface area (Å²) in [6, 6.07) is 54.1. The van der Waals surface area contributed by atoms with E-state index >= 15 is 0 Å². The summed E-state index contributed by atoms with van der Waals surface area (Å²) < 4.78 is 15.0. The zero-order valence-electron chi connectivity index (χ0n) is 24.5. The van der Waals surface area contributed by atoms with E-state index in [4.69, 9.17) is 9.30 Å². The third-order valence-electron chi connectivity index (χ3n) is 7.12. The molecule has 7 rings (SSSR count). The molecule has 0 aromatic heterocycles. The molecule has 0 heterocycles. The van der Waals surface area contributed by atoms with Crippen molar-refractivity contribution in [2.45, 2.75) is 0 Å². The maximum atomic E-state index is 7.50. The minimum Gasteiger partial charge on any atom is -0.0622 e. The average Bonchev–Trinajstić information content (AvgIpc) is 3.83. The third kappa shape index (κ3) is 8.85. The van der Waals surface area contributed by atoms with E-state index in [1.54, 1.807) is 0 Å². The minimum absolute atomic E-state index is 0. The van der Waals surface area contributed by atoms with Crippen molar-refractivity contribution < 1.29 is 26.4 Å². The van der Waals surface area contributed by atoms with Crippen LogP contribution in [0.1, 0.15) is 27.8 Å². The standard InChI is InChI=1S/C35H25.C5H5.2CO.Fe/c1-6-16-26(17-7-1)31-32(27-18-8-2-9-19-27)34(29-22-12-4-13-23-29)35(30-24-14-5-15-25-30)33(31)28-20-10-3-11-21-28;1-2-4-5-3-1;2*1-2;/h1-25H;1-5H;;;/q;;;;+2. The summed E-state index contributed by atoms with van der Waals surface area (Å²) in [4.78, 5) is 0. The van der Waals surface area contributed by atoms with Gasteiger partial charge in [0.1, 0.15) is 0 Å². The van der Waals surface area contributed by atoms with Gasteiger partial charge in [-0.05, 0) is 59.9 Å². The van der Waals surface area contributed by atoms with Gasteiger partial charge in [0.25, 0.3) is 0 Å². The maximum Gasteiger partial charge on any atom is 2.00 e. The molecule has 2 fully saturated rings. The SMILES string of the molecule is [C-]#[O+].[C-]#[O+].[CH]1[CH][CH][CH][CH]1.[Fe+2].c1ccc([C]2[C](c3ccccc3)[C](c3ccccc3)[C](c3ccccc3)[C]2c2ccccc2)cc1. The normalized spacial score (nSPS) is 15.2. The minimum atomic E-state index is 0. The Labute approximate surface area is 279 Å². The first kappa shape index (κ1) is 35.6. The Morgan fingerprint density at radius 2 is 0.378 bits per heavy atom. The van der Waals surface area contributed by atoms with Crippen LogP contribution in [0.15, 0.2) is 152 Å². The molecule has 10 radical (unpaired) electrons. The summed E-state index contributed by atoms with van der Waals surface area (Å²) in [5.41, 5.74) is 6.13. The van der Waals surface area contributed by atoms with Crippen molar-refractivity contribution in [2.24, 2.45) is 0 Å². The van der Waals surface area contributed by atoms with Crippen LogP contribution in [-0.2, 0) is 26.4 Å². The van der Waals surface area contributed by atoms with Crippen LogP contribution in [0.5, 0.6) is 0 Å². The topological polar surface area (TPSA) is 39.8 Å². The summed E-state index contributed by atoms with van der Waals surface area (Å²) in [5.74, 6) is 6.39. The monoisotopic (exact) mass is 622 g/mol. The van der Waals surface area contributed by atoms with Crippen molar-refractivity contribution in [1.82, 2.24) is 0 Å². The van der Waals surface area contributed by atoms with Gasteiger partial charge in [0, 0.05) is 29.6 Å². The first-order valence-corrected chi connectivity index (χ1v) is 14.1. The van der Waals surface area contributed by atoms with Crippen LogP contribution >= 0.6 is 0 Å². The second-order valence-corrected chi connectivity index (χ2v) is 9.67. The summed E-state index contributed by atoms with van der Waals surface area (Å²) in [5, 5.41) is 0. The van der Waals surface area contributed by atoms with Crippen LogP contribution in [0.2, 0.25) is 0 Å². The molecular formula is C42H30FeO2+2. The molecule has 0 N–H and O–H groups in total. The second kappa shape index (κ2) is 19.5. The third-order valence-corrected chi connectivity index (χ3v) is 7.12. The molecule has 3 heteroatoms. The van der Waals surface area contributed by atoms with Gasteiger partial charge in [-0.2, -0.15) is 0 Å². The van der Waals surface area contributed by atoms with Crippen molar-refractivity contribution >= 4 is 0 Å². The van der Waals surface area contributed by atoms with Crippen molar-refractivity contribution in [3.8, 4) is 0 Å². The molecule has 2 aliphatic rings. The van der Waals surface area contributed by atoms with E-state index in [2.05, 4.69) is 165 Å². The van der Waals surface area contributed by atoms with Crippen molar-refractivity contribution in [3.05, 3.63) is 254 Å². The van der Waals surface area contributed by atoms with Gasteiger partial charge in [0.15, 0.2) is 0 Å². The van der Waals surface area contributed by atoms with Gasteiger partial charge >= 0.3 is 39.7 Å². The zero-order valence-corrected chi connectivity index (χ0v) is 25.6. The van der Waals surface area contributed by atoms with E-state index in [1.165, 1.54) is 57.4 Å². The number of benzene rings is 5. The number of rotatable bonds is 5. The van der Waals surface area contributed by atoms with Gasteiger partial charge in [-0.3, -0.25) is 0 Å². The molecule has 0 spiro atoms. The first-order chi connectivity index (χ1) is 21.9. The van der Waals surface area contributed by atoms with Gasteiger partial charge in [-0.15, -0.1) is 0 Å². The van der Waals surface area contributed by atoms with Crippen LogP contribution in [0.4, 0.5) is 0 Å². The summed E-state index contributed by atoms with van der Waals surface area (Å²) >= 11 is 0. The Morgan fingerprint density at radius 3 is 0.511 bits per heavy atom. The van der Waals surface area contributed by atoms with Crippen molar-refractivity contribution in [3.63, 3.8) is 0 Å². The van der Waals surface area contributed by atoms with E-state index in [9.17, 15) is 0 Å². The molecule has 2 saturated carbocycles. The Hall–Kier alpha value is -3.90. The molecule has 45 heavy (non-hydrogen) atoms. The van der Waals surface area contributed by atoms with Gasteiger partial charge < -0.3 is 0 Å². The van der Waals surface area contributed by atoms with Gasteiger partial charge in [0.2, 0.25) is 0 Å². The zero-order chi connectivity index (χ0) is 31.0. The van der Waals surface area contributed by atoms with E-state index in [0.717, 1.165) is 0 Å². The quantitative estimate of drug-likeness (QED) is 0.107. The van der Waals surface area contributed by atoms with Crippen LogP contribution < -0.4 is 0 Å². The fourth-order valence-electron chi connectivity index (χ4n) is 5.41. The molecule has 5 aromatic carbocycles. The van der Waals surface area contributed by atoms with Crippen LogP contribution in [0, 0.1) is 75.0 Å². The van der Waals surface area contributed by atoms with Crippen LogP contribution in [0.3, 0.4) is 0 Å². The van der Waals surface area contributed by atoms with Gasteiger partial charge in [-0.1, -0.05) is 152 Å². The van der Waals surface area contributed by atoms with E-state index in [1.807, 2.05) is 32.1 Å². The van der Waals surface area contributed by atoms with Crippen molar-refractivity contribution in [1.29, 1.82) is 0 Å². The molecular weight excluding hydrogens is 592 g/mol. The van der Waals surface area contributed by atoms with Crippen molar-refractivity contribution in [2.75, 3.05) is 0 Å². The number of hydrogen-bond donors (Lipinski definition) is 0. The molecule has 2 nitrogen and oxygen atoms in total. The average molecular weight is 623 g/mol. The summed E-state index contributed by atoms with van der Waals surface area (Å²) in [7, 11) is 0. The fourth-order valence-corrected chi connectivity index (χ4v) is 5.41. The molecule has 0 amide bonds. The Morgan fingerprint density at radius 1 is 0.244 bits per heavy atom. The fraction of sp³-hybridized carbons (Fsp3) is 0. The van der Waals surface area contributed by atoms with E-state index in [0.29, 0.717) is 0 Å². The number of hydrogen-bond acceptors (Lipinski definition) is 0. The van der Waals surface area contributed by atoms with Gasteiger partial charge in [0.05, 0.1) is 0 Å². The largest absolute Gasteiger partial charge is 2.00 e. The molecule has 0 saturated heterocycles. The summed E-state index contributed by atoms with van der Waals surface area (Å²) in [6.45, 7) is 9.00. The van der Waals surface area contributed by atoms with Crippen LogP contribution in [-0.4, -0.2) is 0 Å². The Bertz CT molecular complexity index is 1240. The molecule has 0 aliphatic heterocycles. The van der Waals surface area contributed by atoms with E-state index in [-0.39, 0.29) is 17.1 Å². The maximum absolute atomic E-state index is 7.50. The first-order valence-electron chi connectivity index (χ1n) is 14.1. The molecule has 0 unspecified atom stereocenters. The molecule has 5 aromatic rings. The predicted octanol–water partition coefficient (Wildman–Crippen LogP) is 9.06. The van der Waals surface area contributed by atoms with Crippen LogP contribution in [0.25, 0.3) is 0 Å². The Balaban J connectivity index is 0.000000490. The Kier molecular flexibility index (Phi) is 15.4. The predicted molar refractivity (Wildman–Crippen MR) is 173 cm³/mol. The smallest absolute Gasteiger partial charge is 0.0622 e. The second-order valence-electron chi connectivity index (χ2n) is 9.67. The summed E-state index contributed by atoms with van der Waals surface area (Å²) in [6.07, 6.45) is 10.0. The van der Waals surface area contributed by atoms with Gasteiger partial charge in [-0.25, -0.2) is 0 Å². The molecule has 216 valence electrons. The molecule has 0 bridgehead atoms. The molecule has 0 atom stereocenters. The molecule has 2 aliphatic carbocycles.